The molecule has 1 N–H and O–H groups in total. The highest BCUT2D eigenvalue weighted by molar-refractivity contribution is 7.80. The number of anilines is 1. The zero-order valence-electron chi connectivity index (χ0n) is 13.7. The van der Waals surface area contributed by atoms with E-state index in [1.54, 1.807) is 6.07 Å². The van der Waals surface area contributed by atoms with Crippen LogP contribution >= 0.6 is 12.2 Å². The molecule has 0 unspecified atom stereocenters. The molecule has 0 aromatic heterocycles. The van der Waals surface area contributed by atoms with Gasteiger partial charge in [-0.1, -0.05) is 43.6 Å². The summed E-state index contributed by atoms with van der Waals surface area (Å²) in [6.07, 6.45) is 5.91. The fraction of sp³-hybridized carbons (Fsp3) is 0.350. The summed E-state index contributed by atoms with van der Waals surface area (Å²) in [4.78, 5) is 0.954. The molecule has 2 aromatic rings. The van der Waals surface area contributed by atoms with Crippen molar-refractivity contribution in [2.24, 2.45) is 0 Å². The first-order valence-corrected chi connectivity index (χ1v) is 8.85. The molecule has 2 nitrogen and oxygen atoms in total. The number of rotatable bonds is 2. The summed E-state index contributed by atoms with van der Waals surface area (Å²) in [7, 11) is 1.48. The van der Waals surface area contributed by atoms with Crippen molar-refractivity contribution in [3.63, 3.8) is 0 Å². The van der Waals surface area contributed by atoms with Crippen molar-refractivity contribution in [2.45, 2.75) is 37.5 Å². The normalized spacial score (nSPS) is 18.3. The second-order valence-corrected chi connectivity index (χ2v) is 7.11. The van der Waals surface area contributed by atoms with Gasteiger partial charge in [0.05, 0.1) is 12.1 Å². The summed E-state index contributed by atoms with van der Waals surface area (Å²) in [6.45, 7) is 0. The Morgan fingerprint density at radius 1 is 1.04 bits per heavy atom. The van der Waals surface area contributed by atoms with Crippen molar-refractivity contribution in [1.82, 2.24) is 0 Å². The average Bonchev–Trinajstić information content (AvgIpc) is 2.87. The number of methoxy groups -OCH3 is 1. The molecule has 1 fully saturated rings. The Kier molecular flexibility index (Phi) is 3.80. The van der Waals surface area contributed by atoms with E-state index in [4.69, 9.17) is 17.0 Å². The first-order valence-electron chi connectivity index (χ1n) is 8.44. The summed E-state index contributed by atoms with van der Waals surface area (Å²) >= 11 is 5.68. The number of nitrogens with one attached hydrogen (secondary N) is 1. The third-order valence-electron chi connectivity index (χ3n) is 5.41. The third kappa shape index (κ3) is 2.32. The second-order valence-electron chi connectivity index (χ2n) is 6.71. The number of halogens is 1. The Balaban J connectivity index is 1.79. The van der Waals surface area contributed by atoms with E-state index in [-0.39, 0.29) is 17.0 Å². The lowest BCUT2D eigenvalue weighted by molar-refractivity contribution is 0.386. The standard InChI is InChI=1S/C20H20FNOS/c1-23-18-8-6-14(12-16(18)21)13-5-7-17-15(11-13)20(19(24)22-17)9-3-2-4-10-20/h5-8,11-12H,2-4,9-10H2,1H3,(H,22,24). The average molecular weight is 341 g/mol. The molecule has 0 amide bonds. The second kappa shape index (κ2) is 5.85. The van der Waals surface area contributed by atoms with Gasteiger partial charge >= 0.3 is 0 Å². The van der Waals surface area contributed by atoms with Crippen molar-refractivity contribution in [1.29, 1.82) is 0 Å². The Morgan fingerprint density at radius 3 is 2.46 bits per heavy atom. The molecule has 1 aliphatic heterocycles. The maximum atomic E-state index is 14.1. The van der Waals surface area contributed by atoms with E-state index in [2.05, 4.69) is 17.4 Å². The van der Waals surface area contributed by atoms with Gasteiger partial charge in [0.2, 0.25) is 0 Å². The SMILES string of the molecule is COc1ccc(-c2ccc3c(c2)C2(CCCCC2)C(=S)N3)cc1F. The van der Waals surface area contributed by atoms with Crippen LogP contribution in [0.3, 0.4) is 0 Å². The third-order valence-corrected chi connectivity index (χ3v) is 5.90. The van der Waals surface area contributed by atoms with Crippen molar-refractivity contribution in [3.05, 3.63) is 47.8 Å². The van der Waals surface area contributed by atoms with Crippen LogP contribution in [0.2, 0.25) is 0 Å². The van der Waals surface area contributed by atoms with Crippen LogP contribution in [0, 0.1) is 5.82 Å². The summed E-state index contributed by atoms with van der Waals surface area (Å²) < 4.78 is 19.1. The molecule has 0 radical (unpaired) electrons. The largest absolute Gasteiger partial charge is 0.494 e. The van der Waals surface area contributed by atoms with Gasteiger partial charge in [0, 0.05) is 11.1 Å². The Bertz CT molecular complexity index is 811. The highest BCUT2D eigenvalue weighted by Crippen LogP contribution is 2.49. The van der Waals surface area contributed by atoms with E-state index in [1.165, 1.54) is 38.0 Å². The molecule has 0 atom stereocenters. The molecule has 1 aliphatic carbocycles. The number of fused-ring (bicyclic) bond motifs is 2. The van der Waals surface area contributed by atoms with Gasteiger partial charge in [-0.15, -0.1) is 0 Å². The van der Waals surface area contributed by atoms with Crippen molar-refractivity contribution < 1.29 is 9.13 Å². The maximum Gasteiger partial charge on any atom is 0.165 e. The van der Waals surface area contributed by atoms with Crippen LogP contribution in [0.5, 0.6) is 5.75 Å². The summed E-state index contributed by atoms with van der Waals surface area (Å²) in [5, 5.41) is 3.40. The molecule has 2 aliphatic rings. The van der Waals surface area contributed by atoms with Gasteiger partial charge in [0.15, 0.2) is 11.6 Å². The maximum absolute atomic E-state index is 14.1. The number of ether oxygens (including phenoxy) is 1. The zero-order chi connectivity index (χ0) is 16.7. The number of hydrogen-bond donors (Lipinski definition) is 1. The minimum atomic E-state index is -0.337. The van der Waals surface area contributed by atoms with Crippen LogP contribution in [0.25, 0.3) is 11.1 Å². The molecule has 0 bridgehead atoms. The smallest absolute Gasteiger partial charge is 0.165 e. The first-order chi connectivity index (χ1) is 11.6. The topological polar surface area (TPSA) is 21.3 Å². The van der Waals surface area contributed by atoms with Gasteiger partial charge in [0.1, 0.15) is 0 Å². The van der Waals surface area contributed by atoms with E-state index >= 15 is 0 Å². The summed E-state index contributed by atoms with van der Waals surface area (Å²) in [5.41, 5.74) is 4.25. The molecule has 1 spiro atoms. The van der Waals surface area contributed by atoms with E-state index in [9.17, 15) is 4.39 Å². The predicted molar refractivity (Wildman–Crippen MR) is 99.4 cm³/mol. The summed E-state index contributed by atoms with van der Waals surface area (Å²) in [6, 6.07) is 11.4. The minimum absolute atomic E-state index is 0.0239. The minimum Gasteiger partial charge on any atom is -0.494 e. The van der Waals surface area contributed by atoms with Gasteiger partial charge in [-0.3, -0.25) is 0 Å². The first kappa shape index (κ1) is 15.6. The van der Waals surface area contributed by atoms with Crippen LogP contribution in [0.4, 0.5) is 10.1 Å². The quantitative estimate of drug-likeness (QED) is 0.733. The molecule has 4 heteroatoms. The van der Waals surface area contributed by atoms with Gasteiger partial charge in [-0.2, -0.15) is 0 Å². The molecule has 24 heavy (non-hydrogen) atoms. The van der Waals surface area contributed by atoms with E-state index < -0.39 is 0 Å². The Hall–Kier alpha value is -1.94. The summed E-state index contributed by atoms with van der Waals surface area (Å²) in [5.74, 6) is -0.0666. The van der Waals surface area contributed by atoms with Gasteiger partial charge in [-0.25, -0.2) is 4.39 Å². The van der Waals surface area contributed by atoms with Crippen LogP contribution in [0.15, 0.2) is 36.4 Å². The van der Waals surface area contributed by atoms with E-state index in [0.29, 0.717) is 0 Å². The van der Waals surface area contributed by atoms with E-state index in [0.717, 1.165) is 34.6 Å². The molecule has 1 saturated carbocycles. The fourth-order valence-corrected chi connectivity index (χ4v) is 4.51. The zero-order valence-corrected chi connectivity index (χ0v) is 14.5. The number of thiocarbonyl (C=S) groups is 1. The molecule has 124 valence electrons. The van der Waals surface area contributed by atoms with Crippen molar-refractivity contribution >= 4 is 22.9 Å². The molecule has 2 aromatic carbocycles. The Labute approximate surface area is 147 Å². The molecular formula is C20H20FNOS. The Morgan fingerprint density at radius 2 is 1.75 bits per heavy atom. The highest BCUT2D eigenvalue weighted by atomic mass is 32.1. The molecule has 1 heterocycles. The lowest BCUT2D eigenvalue weighted by atomic mass is 9.70. The number of benzene rings is 2. The van der Waals surface area contributed by atoms with Gasteiger partial charge in [0.25, 0.3) is 0 Å². The van der Waals surface area contributed by atoms with Gasteiger partial charge in [-0.05, 0) is 53.8 Å². The van der Waals surface area contributed by atoms with Crippen LogP contribution in [0.1, 0.15) is 37.7 Å². The molecule has 0 saturated heterocycles. The van der Waals surface area contributed by atoms with Gasteiger partial charge < -0.3 is 10.1 Å². The fourth-order valence-electron chi connectivity index (χ4n) is 4.09. The van der Waals surface area contributed by atoms with Crippen LogP contribution < -0.4 is 10.1 Å². The van der Waals surface area contributed by atoms with Crippen LogP contribution in [-0.4, -0.2) is 12.1 Å². The van der Waals surface area contributed by atoms with Crippen molar-refractivity contribution in [2.75, 3.05) is 12.4 Å². The highest BCUT2D eigenvalue weighted by Gasteiger charge is 2.44. The van der Waals surface area contributed by atoms with Crippen LogP contribution in [-0.2, 0) is 5.41 Å². The molecule has 4 rings (SSSR count). The number of hydrogen-bond acceptors (Lipinski definition) is 2. The lowest BCUT2D eigenvalue weighted by Crippen LogP contribution is -2.35. The molecular weight excluding hydrogens is 321 g/mol. The van der Waals surface area contributed by atoms with Crippen molar-refractivity contribution in [3.8, 4) is 16.9 Å². The monoisotopic (exact) mass is 341 g/mol. The van der Waals surface area contributed by atoms with E-state index in [1.807, 2.05) is 12.1 Å². The predicted octanol–water partition coefficient (Wildman–Crippen LogP) is 5.46. The lowest BCUT2D eigenvalue weighted by Gasteiger charge is -2.33.